The molecule has 1 aliphatic rings. The second kappa shape index (κ2) is 7.64. The van der Waals surface area contributed by atoms with Crippen molar-refractivity contribution in [3.05, 3.63) is 87.9 Å². The predicted octanol–water partition coefficient (Wildman–Crippen LogP) is 4.52. The second-order valence-electron chi connectivity index (χ2n) is 6.82. The molecule has 5 nitrogen and oxygen atoms in total. The lowest BCUT2D eigenvalue weighted by Gasteiger charge is -2.10. The molecule has 0 spiro atoms. The summed E-state index contributed by atoms with van der Waals surface area (Å²) in [5.74, 6) is -0.957. The molecule has 0 atom stereocenters. The molecule has 0 saturated carbocycles. The quantitative estimate of drug-likeness (QED) is 0.596. The van der Waals surface area contributed by atoms with E-state index in [2.05, 4.69) is 21.2 Å². The third-order valence-corrected chi connectivity index (χ3v) is 5.41. The van der Waals surface area contributed by atoms with Crippen LogP contribution in [0, 0.1) is 0 Å². The van der Waals surface area contributed by atoms with E-state index in [1.165, 1.54) is 7.05 Å². The fourth-order valence-electron chi connectivity index (χ4n) is 3.42. The van der Waals surface area contributed by atoms with Gasteiger partial charge in [-0.05, 0) is 47.0 Å². The van der Waals surface area contributed by atoms with Crippen LogP contribution in [-0.2, 0) is 11.2 Å². The number of carbonyl (C=O) groups is 3. The third-order valence-electron chi connectivity index (χ3n) is 4.88. The van der Waals surface area contributed by atoms with Crippen LogP contribution < -0.4 is 5.32 Å². The molecule has 6 heteroatoms. The highest BCUT2D eigenvalue weighted by Crippen LogP contribution is 2.27. The first kappa shape index (κ1) is 19.1. The molecule has 1 aliphatic heterocycles. The summed E-state index contributed by atoms with van der Waals surface area (Å²) < 4.78 is 1.000. The van der Waals surface area contributed by atoms with E-state index in [0.29, 0.717) is 22.4 Å². The van der Waals surface area contributed by atoms with E-state index in [1.54, 1.807) is 18.2 Å². The number of fused-ring (bicyclic) bond motifs is 1. The lowest BCUT2D eigenvalue weighted by Crippen LogP contribution is -2.24. The molecule has 4 rings (SSSR count). The van der Waals surface area contributed by atoms with Crippen molar-refractivity contribution in [2.24, 2.45) is 0 Å². The van der Waals surface area contributed by atoms with Crippen LogP contribution in [0.25, 0.3) is 11.1 Å². The second-order valence-corrected chi connectivity index (χ2v) is 7.74. The number of benzene rings is 3. The summed E-state index contributed by atoms with van der Waals surface area (Å²) in [7, 11) is 1.45. The molecule has 0 aliphatic carbocycles. The molecule has 3 aromatic carbocycles. The maximum absolute atomic E-state index is 12.6. The van der Waals surface area contributed by atoms with Gasteiger partial charge in [-0.3, -0.25) is 19.3 Å². The van der Waals surface area contributed by atoms with E-state index in [4.69, 9.17) is 0 Å². The Kier molecular flexibility index (Phi) is 5.03. The molecule has 29 heavy (non-hydrogen) atoms. The summed E-state index contributed by atoms with van der Waals surface area (Å²) in [6, 6.07) is 20.5. The molecule has 0 radical (unpaired) electrons. The van der Waals surface area contributed by atoms with Gasteiger partial charge in [0.2, 0.25) is 5.91 Å². The lowest BCUT2D eigenvalue weighted by atomic mass is 10.00. The van der Waals surface area contributed by atoms with Crippen LogP contribution in [0.2, 0.25) is 0 Å². The van der Waals surface area contributed by atoms with E-state index in [9.17, 15) is 14.4 Å². The number of hydrogen-bond acceptors (Lipinski definition) is 3. The zero-order valence-corrected chi connectivity index (χ0v) is 17.2. The number of anilines is 1. The molecule has 144 valence electrons. The Bertz CT molecular complexity index is 1140. The molecule has 3 aromatic rings. The van der Waals surface area contributed by atoms with Crippen molar-refractivity contribution in [2.45, 2.75) is 6.42 Å². The van der Waals surface area contributed by atoms with Crippen LogP contribution in [0.5, 0.6) is 0 Å². The maximum atomic E-state index is 12.6. The first-order chi connectivity index (χ1) is 13.9. The standard InChI is InChI=1S/C23H17BrN2O3/c1-26-22(28)19-7-3-5-16(21(19)23(26)29)13-20(27)25-18-6-2-4-15(12-18)14-8-10-17(24)11-9-14/h2-12H,13H2,1H3,(H,25,27). The van der Waals surface area contributed by atoms with Gasteiger partial charge in [0.05, 0.1) is 17.5 Å². The van der Waals surface area contributed by atoms with Crippen molar-refractivity contribution in [1.82, 2.24) is 4.90 Å². The molecule has 1 N–H and O–H groups in total. The molecule has 0 fully saturated rings. The maximum Gasteiger partial charge on any atom is 0.261 e. The summed E-state index contributed by atoms with van der Waals surface area (Å²) in [4.78, 5) is 38.2. The Morgan fingerprint density at radius 1 is 0.931 bits per heavy atom. The molecule has 1 heterocycles. The van der Waals surface area contributed by atoms with Gasteiger partial charge < -0.3 is 5.32 Å². The first-order valence-corrected chi connectivity index (χ1v) is 9.83. The Hall–Kier alpha value is -3.25. The number of imide groups is 1. The van der Waals surface area contributed by atoms with E-state index >= 15 is 0 Å². The summed E-state index contributed by atoms with van der Waals surface area (Å²) in [5, 5.41) is 2.88. The highest BCUT2D eigenvalue weighted by atomic mass is 79.9. The molecule has 3 amide bonds. The van der Waals surface area contributed by atoms with Gasteiger partial charge in [0.15, 0.2) is 0 Å². The Morgan fingerprint density at radius 2 is 1.66 bits per heavy atom. The van der Waals surface area contributed by atoms with Gasteiger partial charge in [-0.15, -0.1) is 0 Å². The minimum atomic E-state index is -0.370. The third kappa shape index (κ3) is 3.71. The normalized spacial score (nSPS) is 12.8. The topological polar surface area (TPSA) is 66.5 Å². The number of rotatable bonds is 4. The molecule has 0 unspecified atom stereocenters. The van der Waals surface area contributed by atoms with Crippen LogP contribution in [-0.4, -0.2) is 29.7 Å². The summed E-state index contributed by atoms with van der Waals surface area (Å²) in [5.41, 5.74) is 3.91. The van der Waals surface area contributed by atoms with Crippen molar-refractivity contribution >= 4 is 39.3 Å². The predicted molar refractivity (Wildman–Crippen MR) is 115 cm³/mol. The largest absolute Gasteiger partial charge is 0.326 e. The van der Waals surface area contributed by atoms with Crippen LogP contribution in [0.15, 0.2) is 71.2 Å². The van der Waals surface area contributed by atoms with Gasteiger partial charge in [-0.25, -0.2) is 0 Å². The number of hydrogen-bond donors (Lipinski definition) is 1. The average Bonchev–Trinajstić information content (AvgIpc) is 2.94. The van der Waals surface area contributed by atoms with E-state index < -0.39 is 0 Å². The van der Waals surface area contributed by atoms with Crippen LogP contribution in [0.1, 0.15) is 26.3 Å². The molecule has 0 bridgehead atoms. The Labute approximate surface area is 176 Å². The van der Waals surface area contributed by atoms with Crippen molar-refractivity contribution in [3.63, 3.8) is 0 Å². The monoisotopic (exact) mass is 448 g/mol. The number of halogens is 1. The van der Waals surface area contributed by atoms with Crippen molar-refractivity contribution < 1.29 is 14.4 Å². The zero-order valence-electron chi connectivity index (χ0n) is 15.6. The molecular formula is C23H17BrN2O3. The number of nitrogens with zero attached hydrogens (tertiary/aromatic N) is 1. The summed E-state index contributed by atoms with van der Waals surface area (Å²) in [6.07, 6.45) is 0.0124. The number of carbonyl (C=O) groups excluding carboxylic acids is 3. The van der Waals surface area contributed by atoms with Gasteiger partial charge in [0.1, 0.15) is 0 Å². The van der Waals surface area contributed by atoms with E-state index in [-0.39, 0.29) is 24.1 Å². The number of nitrogens with one attached hydrogen (secondary N) is 1. The fraction of sp³-hybridized carbons (Fsp3) is 0.0870. The minimum absolute atomic E-state index is 0.0124. The van der Waals surface area contributed by atoms with Crippen molar-refractivity contribution in [2.75, 3.05) is 12.4 Å². The first-order valence-electron chi connectivity index (χ1n) is 9.04. The lowest BCUT2D eigenvalue weighted by molar-refractivity contribution is -0.115. The van der Waals surface area contributed by atoms with Gasteiger partial charge in [-0.2, -0.15) is 0 Å². The van der Waals surface area contributed by atoms with Crippen LogP contribution in [0.4, 0.5) is 5.69 Å². The van der Waals surface area contributed by atoms with Gasteiger partial charge in [-0.1, -0.05) is 52.3 Å². The Morgan fingerprint density at radius 3 is 2.41 bits per heavy atom. The fourth-order valence-corrected chi connectivity index (χ4v) is 3.68. The Balaban J connectivity index is 1.54. The smallest absolute Gasteiger partial charge is 0.261 e. The number of amides is 3. The average molecular weight is 449 g/mol. The van der Waals surface area contributed by atoms with Gasteiger partial charge in [0, 0.05) is 17.2 Å². The summed E-state index contributed by atoms with van der Waals surface area (Å²) in [6.45, 7) is 0. The van der Waals surface area contributed by atoms with Gasteiger partial charge >= 0.3 is 0 Å². The van der Waals surface area contributed by atoms with E-state index in [1.807, 2.05) is 48.5 Å². The van der Waals surface area contributed by atoms with E-state index in [0.717, 1.165) is 20.5 Å². The minimum Gasteiger partial charge on any atom is -0.326 e. The zero-order chi connectivity index (χ0) is 20.5. The van der Waals surface area contributed by atoms with Crippen molar-refractivity contribution in [1.29, 1.82) is 0 Å². The summed E-state index contributed by atoms with van der Waals surface area (Å²) >= 11 is 3.42. The van der Waals surface area contributed by atoms with Crippen molar-refractivity contribution in [3.8, 4) is 11.1 Å². The van der Waals surface area contributed by atoms with Crippen LogP contribution in [0.3, 0.4) is 0 Å². The molecule has 0 aromatic heterocycles. The highest BCUT2D eigenvalue weighted by molar-refractivity contribution is 9.10. The highest BCUT2D eigenvalue weighted by Gasteiger charge is 2.34. The molecular weight excluding hydrogens is 432 g/mol. The van der Waals surface area contributed by atoms with Crippen LogP contribution >= 0.6 is 15.9 Å². The van der Waals surface area contributed by atoms with Gasteiger partial charge in [0.25, 0.3) is 11.8 Å². The SMILES string of the molecule is CN1C(=O)c2cccc(CC(=O)Nc3cccc(-c4ccc(Br)cc4)c3)c2C1=O. The molecule has 0 saturated heterocycles.